The number of nitrogens with zero attached hydrogens (tertiary/aromatic N) is 3. The van der Waals surface area contributed by atoms with Gasteiger partial charge in [-0.3, -0.25) is 4.99 Å². The van der Waals surface area contributed by atoms with Crippen LogP contribution in [-0.4, -0.2) is 28.6 Å². The SMILES string of the molecule is CN=C(NCc1cn2c(n1)CCCC2)NC1CCCC1. The van der Waals surface area contributed by atoms with E-state index in [2.05, 4.69) is 26.4 Å². The van der Waals surface area contributed by atoms with Crippen LogP contribution in [0, 0.1) is 0 Å². The molecule has 2 N–H and O–H groups in total. The number of rotatable bonds is 3. The van der Waals surface area contributed by atoms with Crippen molar-refractivity contribution in [1.29, 1.82) is 0 Å². The van der Waals surface area contributed by atoms with Crippen LogP contribution < -0.4 is 10.6 Å². The van der Waals surface area contributed by atoms with E-state index in [0.29, 0.717) is 6.04 Å². The summed E-state index contributed by atoms with van der Waals surface area (Å²) in [4.78, 5) is 9.01. The van der Waals surface area contributed by atoms with Crippen molar-refractivity contribution in [2.75, 3.05) is 7.05 Å². The van der Waals surface area contributed by atoms with Crippen molar-refractivity contribution in [1.82, 2.24) is 20.2 Å². The summed E-state index contributed by atoms with van der Waals surface area (Å²) < 4.78 is 2.30. The average Bonchev–Trinajstić information content (AvgIpc) is 3.12. The van der Waals surface area contributed by atoms with Crippen LogP contribution in [0.1, 0.15) is 50.0 Å². The van der Waals surface area contributed by atoms with Crippen molar-refractivity contribution in [3.63, 3.8) is 0 Å². The molecule has 5 nitrogen and oxygen atoms in total. The minimum Gasteiger partial charge on any atom is -0.354 e. The summed E-state index contributed by atoms with van der Waals surface area (Å²) in [6.45, 7) is 1.88. The molecule has 20 heavy (non-hydrogen) atoms. The third-order valence-corrected chi connectivity index (χ3v) is 4.32. The van der Waals surface area contributed by atoms with Crippen LogP contribution in [0.3, 0.4) is 0 Å². The Morgan fingerprint density at radius 3 is 2.95 bits per heavy atom. The van der Waals surface area contributed by atoms with Crippen molar-refractivity contribution in [3.05, 3.63) is 17.7 Å². The Bertz CT molecular complexity index is 447. The molecule has 3 rings (SSSR count). The highest BCUT2D eigenvalue weighted by molar-refractivity contribution is 5.79. The van der Waals surface area contributed by atoms with Gasteiger partial charge in [0.25, 0.3) is 0 Å². The third kappa shape index (κ3) is 3.14. The lowest BCUT2D eigenvalue weighted by molar-refractivity contribution is 0.522. The smallest absolute Gasteiger partial charge is 0.191 e. The highest BCUT2D eigenvalue weighted by Crippen LogP contribution is 2.17. The maximum absolute atomic E-state index is 4.71. The Morgan fingerprint density at radius 1 is 1.35 bits per heavy atom. The molecule has 1 fully saturated rings. The highest BCUT2D eigenvalue weighted by Gasteiger charge is 2.16. The van der Waals surface area contributed by atoms with Gasteiger partial charge in [0.15, 0.2) is 5.96 Å². The zero-order chi connectivity index (χ0) is 13.8. The minimum absolute atomic E-state index is 0.594. The van der Waals surface area contributed by atoms with Gasteiger partial charge in [-0.25, -0.2) is 4.98 Å². The number of aliphatic imine (C=N–C) groups is 1. The van der Waals surface area contributed by atoms with E-state index in [1.165, 1.54) is 44.3 Å². The van der Waals surface area contributed by atoms with Crippen molar-refractivity contribution in [2.45, 2.75) is 64.1 Å². The molecule has 1 aliphatic carbocycles. The molecule has 0 atom stereocenters. The van der Waals surface area contributed by atoms with Gasteiger partial charge in [-0.1, -0.05) is 12.8 Å². The molecular formula is C15H25N5. The fourth-order valence-electron chi connectivity index (χ4n) is 3.19. The Labute approximate surface area is 120 Å². The lowest BCUT2D eigenvalue weighted by Gasteiger charge is -2.16. The van der Waals surface area contributed by atoms with E-state index in [4.69, 9.17) is 4.98 Å². The number of nitrogens with one attached hydrogen (secondary N) is 2. The van der Waals surface area contributed by atoms with E-state index < -0.39 is 0 Å². The molecule has 1 aromatic rings. The molecule has 0 aromatic carbocycles. The first-order valence-electron chi connectivity index (χ1n) is 7.87. The maximum Gasteiger partial charge on any atom is 0.191 e. The van der Waals surface area contributed by atoms with E-state index in [0.717, 1.165) is 31.2 Å². The summed E-state index contributed by atoms with van der Waals surface area (Å²) in [6, 6.07) is 0.594. The minimum atomic E-state index is 0.594. The van der Waals surface area contributed by atoms with E-state index in [-0.39, 0.29) is 0 Å². The van der Waals surface area contributed by atoms with Gasteiger partial charge >= 0.3 is 0 Å². The van der Waals surface area contributed by atoms with Gasteiger partial charge in [0.1, 0.15) is 5.82 Å². The molecule has 0 radical (unpaired) electrons. The standard InChI is InChI=1S/C15H25N5/c1-16-15(19-12-6-2-3-7-12)17-10-13-11-20-9-5-4-8-14(20)18-13/h11-12H,2-10H2,1H3,(H2,16,17,19). The molecule has 2 heterocycles. The van der Waals surface area contributed by atoms with E-state index in [1.807, 2.05) is 7.05 Å². The molecule has 0 spiro atoms. The summed E-state index contributed by atoms with van der Waals surface area (Å²) in [6.07, 6.45) is 11.1. The molecular weight excluding hydrogens is 250 g/mol. The molecule has 1 aromatic heterocycles. The Hall–Kier alpha value is -1.52. The first kappa shape index (κ1) is 13.5. The number of fused-ring (bicyclic) bond motifs is 1. The van der Waals surface area contributed by atoms with Gasteiger partial charge in [-0.05, 0) is 25.7 Å². The molecule has 2 aliphatic rings. The van der Waals surface area contributed by atoms with Crippen LogP contribution in [0.4, 0.5) is 0 Å². The van der Waals surface area contributed by atoms with Crippen LogP contribution in [0.5, 0.6) is 0 Å². The Kier molecular flexibility index (Phi) is 4.23. The van der Waals surface area contributed by atoms with Gasteiger partial charge in [0, 0.05) is 32.3 Å². The molecule has 110 valence electrons. The van der Waals surface area contributed by atoms with Crippen molar-refractivity contribution < 1.29 is 0 Å². The van der Waals surface area contributed by atoms with Crippen LogP contribution in [0.15, 0.2) is 11.2 Å². The second-order valence-electron chi connectivity index (χ2n) is 5.85. The number of hydrogen-bond acceptors (Lipinski definition) is 2. The maximum atomic E-state index is 4.71. The molecule has 0 saturated heterocycles. The third-order valence-electron chi connectivity index (χ3n) is 4.32. The summed E-state index contributed by atoms with van der Waals surface area (Å²) in [7, 11) is 1.84. The average molecular weight is 275 g/mol. The largest absolute Gasteiger partial charge is 0.354 e. The van der Waals surface area contributed by atoms with Crippen LogP contribution >= 0.6 is 0 Å². The number of aryl methyl sites for hydroxylation is 2. The second-order valence-corrected chi connectivity index (χ2v) is 5.85. The van der Waals surface area contributed by atoms with Crippen LogP contribution in [0.2, 0.25) is 0 Å². The molecule has 0 amide bonds. The number of imidazole rings is 1. The molecule has 0 bridgehead atoms. The first-order valence-corrected chi connectivity index (χ1v) is 7.87. The number of guanidine groups is 1. The first-order chi connectivity index (χ1) is 9.85. The Balaban J connectivity index is 1.53. The van der Waals surface area contributed by atoms with E-state index in [1.54, 1.807) is 0 Å². The normalized spacial score (nSPS) is 19.9. The topological polar surface area (TPSA) is 54.2 Å². The van der Waals surface area contributed by atoms with E-state index >= 15 is 0 Å². The predicted octanol–water partition coefficient (Wildman–Crippen LogP) is 1.83. The predicted molar refractivity (Wildman–Crippen MR) is 80.8 cm³/mol. The number of aromatic nitrogens is 2. The van der Waals surface area contributed by atoms with Gasteiger partial charge in [-0.15, -0.1) is 0 Å². The zero-order valence-electron chi connectivity index (χ0n) is 12.4. The van der Waals surface area contributed by atoms with Gasteiger partial charge < -0.3 is 15.2 Å². The molecule has 1 saturated carbocycles. The monoisotopic (exact) mass is 275 g/mol. The highest BCUT2D eigenvalue weighted by atomic mass is 15.2. The van der Waals surface area contributed by atoms with Crippen molar-refractivity contribution in [2.24, 2.45) is 4.99 Å². The summed E-state index contributed by atoms with van der Waals surface area (Å²) in [5, 5.41) is 6.89. The van der Waals surface area contributed by atoms with Crippen LogP contribution in [0.25, 0.3) is 0 Å². The molecule has 1 aliphatic heterocycles. The van der Waals surface area contributed by atoms with E-state index in [9.17, 15) is 0 Å². The zero-order valence-corrected chi connectivity index (χ0v) is 12.4. The molecule has 5 heteroatoms. The van der Waals surface area contributed by atoms with Crippen LogP contribution in [-0.2, 0) is 19.5 Å². The van der Waals surface area contributed by atoms with Gasteiger partial charge in [-0.2, -0.15) is 0 Å². The summed E-state index contributed by atoms with van der Waals surface area (Å²) in [5.41, 5.74) is 1.12. The lowest BCUT2D eigenvalue weighted by atomic mass is 10.2. The summed E-state index contributed by atoms with van der Waals surface area (Å²) in [5.74, 6) is 2.15. The Morgan fingerprint density at radius 2 is 2.20 bits per heavy atom. The lowest BCUT2D eigenvalue weighted by Crippen LogP contribution is -2.42. The van der Waals surface area contributed by atoms with Crippen molar-refractivity contribution >= 4 is 5.96 Å². The summed E-state index contributed by atoms with van der Waals surface area (Å²) >= 11 is 0. The fraction of sp³-hybridized carbons (Fsp3) is 0.733. The molecule has 0 unspecified atom stereocenters. The van der Waals surface area contributed by atoms with Gasteiger partial charge in [0.05, 0.1) is 12.2 Å². The van der Waals surface area contributed by atoms with Crippen molar-refractivity contribution in [3.8, 4) is 0 Å². The van der Waals surface area contributed by atoms with Gasteiger partial charge in [0.2, 0.25) is 0 Å². The second kappa shape index (κ2) is 6.29. The number of hydrogen-bond donors (Lipinski definition) is 2. The quantitative estimate of drug-likeness (QED) is 0.653. The fourth-order valence-corrected chi connectivity index (χ4v) is 3.19.